The minimum atomic E-state index is 0. The van der Waals surface area contributed by atoms with Crippen molar-refractivity contribution in [2.45, 2.75) is 20.0 Å². The first-order valence-corrected chi connectivity index (χ1v) is 8.73. The van der Waals surface area contributed by atoms with Crippen LogP contribution in [0.3, 0.4) is 0 Å². The summed E-state index contributed by atoms with van der Waals surface area (Å²) in [5.41, 5.74) is 1.29. The molecule has 1 aromatic heterocycles. The van der Waals surface area contributed by atoms with E-state index in [1.165, 1.54) is 5.56 Å². The molecule has 0 saturated carbocycles. The fourth-order valence-corrected chi connectivity index (χ4v) is 3.00. The van der Waals surface area contributed by atoms with Crippen LogP contribution in [0.4, 0.5) is 0 Å². The number of hydrogen-bond acceptors (Lipinski definition) is 5. The molecule has 0 bridgehead atoms. The first kappa shape index (κ1) is 20.9. The lowest BCUT2D eigenvalue weighted by atomic mass is 10.2. The largest absolute Gasteiger partial charge is 0.349 e. The molecule has 3 rings (SSSR count). The van der Waals surface area contributed by atoms with Crippen LogP contribution in [0.15, 0.2) is 33.8 Å². The Morgan fingerprint density at radius 2 is 1.92 bits per heavy atom. The molecule has 2 heterocycles. The number of piperazine rings is 1. The number of nitrogens with zero attached hydrogens (tertiary/aromatic N) is 5. The van der Waals surface area contributed by atoms with Crippen molar-refractivity contribution in [2.75, 3.05) is 33.2 Å². The van der Waals surface area contributed by atoms with Crippen molar-refractivity contribution in [1.82, 2.24) is 25.3 Å². The Kier molecular flexibility index (Phi) is 8.11. The highest BCUT2D eigenvalue weighted by molar-refractivity contribution is 14.0. The molecule has 1 N–H and O–H groups in total. The molecule has 0 aliphatic carbocycles. The van der Waals surface area contributed by atoms with Gasteiger partial charge in [0.2, 0.25) is 5.89 Å². The Hall–Kier alpha value is -1.39. The molecular weight excluding hydrogens is 467 g/mol. The maximum Gasteiger partial charge on any atom is 0.223 e. The number of halogens is 2. The molecule has 0 radical (unpaired) electrons. The quantitative estimate of drug-likeness (QED) is 0.404. The molecule has 1 aliphatic heterocycles. The van der Waals surface area contributed by atoms with Crippen LogP contribution < -0.4 is 5.32 Å². The Morgan fingerprint density at radius 1 is 1.23 bits per heavy atom. The molecule has 9 heteroatoms. The van der Waals surface area contributed by atoms with Crippen molar-refractivity contribution < 1.29 is 4.52 Å². The van der Waals surface area contributed by atoms with Gasteiger partial charge in [-0.05, 0) is 17.7 Å². The zero-order chi connectivity index (χ0) is 17.6. The average molecular weight is 491 g/mol. The van der Waals surface area contributed by atoms with Crippen molar-refractivity contribution >= 4 is 41.5 Å². The number of benzene rings is 1. The zero-order valence-corrected chi connectivity index (χ0v) is 18.1. The van der Waals surface area contributed by atoms with E-state index in [2.05, 4.69) is 42.4 Å². The number of guanidine groups is 1. The van der Waals surface area contributed by atoms with E-state index in [-0.39, 0.29) is 24.0 Å². The van der Waals surface area contributed by atoms with E-state index in [4.69, 9.17) is 16.1 Å². The van der Waals surface area contributed by atoms with Crippen LogP contribution in [0, 0.1) is 6.92 Å². The number of hydrogen-bond donors (Lipinski definition) is 1. The molecular formula is C17H24ClIN6O. The Morgan fingerprint density at radius 3 is 2.50 bits per heavy atom. The fourth-order valence-electron chi connectivity index (χ4n) is 2.87. The van der Waals surface area contributed by atoms with Crippen LogP contribution >= 0.6 is 35.6 Å². The van der Waals surface area contributed by atoms with E-state index >= 15 is 0 Å². The van der Waals surface area contributed by atoms with Gasteiger partial charge in [0.25, 0.3) is 0 Å². The number of aliphatic imine (C=N–C) groups is 1. The molecule has 7 nitrogen and oxygen atoms in total. The van der Waals surface area contributed by atoms with E-state index in [0.717, 1.165) is 43.7 Å². The standard InChI is InChI=1S/C17H23ClN6O.HI/c1-13-21-16(22-25-13)11-20-17(19-2)24-9-7-23(8-10-24)12-14-3-5-15(18)6-4-14;/h3-6H,7-12H2,1-2H3,(H,19,20);1H. The van der Waals surface area contributed by atoms with E-state index in [0.29, 0.717) is 18.3 Å². The SMILES string of the molecule is CN=C(NCc1noc(C)n1)N1CCN(Cc2ccc(Cl)cc2)CC1.I. The second kappa shape index (κ2) is 10.1. The summed E-state index contributed by atoms with van der Waals surface area (Å²) >= 11 is 5.94. The zero-order valence-electron chi connectivity index (χ0n) is 15.0. The summed E-state index contributed by atoms with van der Waals surface area (Å²) in [6.45, 7) is 7.08. The van der Waals surface area contributed by atoms with Crippen molar-refractivity contribution in [1.29, 1.82) is 0 Å². The summed E-state index contributed by atoms with van der Waals surface area (Å²) in [5, 5.41) is 7.97. The van der Waals surface area contributed by atoms with Gasteiger partial charge in [0.1, 0.15) is 0 Å². The van der Waals surface area contributed by atoms with Gasteiger partial charge in [0, 0.05) is 51.7 Å². The van der Waals surface area contributed by atoms with Crippen molar-refractivity contribution in [3.05, 3.63) is 46.6 Å². The highest BCUT2D eigenvalue weighted by atomic mass is 127. The summed E-state index contributed by atoms with van der Waals surface area (Å²) in [4.78, 5) is 13.3. The van der Waals surface area contributed by atoms with Crippen LogP contribution in [0.5, 0.6) is 0 Å². The minimum absolute atomic E-state index is 0. The fraction of sp³-hybridized carbons (Fsp3) is 0.471. The summed E-state index contributed by atoms with van der Waals surface area (Å²) in [6.07, 6.45) is 0. The van der Waals surface area contributed by atoms with Gasteiger partial charge < -0.3 is 14.7 Å². The molecule has 1 aliphatic rings. The molecule has 26 heavy (non-hydrogen) atoms. The normalized spacial score (nSPS) is 15.7. The summed E-state index contributed by atoms with van der Waals surface area (Å²) in [6, 6.07) is 8.06. The summed E-state index contributed by atoms with van der Waals surface area (Å²) in [7, 11) is 1.80. The predicted molar refractivity (Wildman–Crippen MR) is 113 cm³/mol. The third-order valence-corrected chi connectivity index (χ3v) is 4.43. The number of aromatic nitrogens is 2. The van der Waals surface area contributed by atoms with E-state index in [1.54, 1.807) is 14.0 Å². The molecule has 1 fully saturated rings. The van der Waals surface area contributed by atoms with Crippen LogP contribution in [-0.4, -0.2) is 59.1 Å². The Bertz CT molecular complexity index is 712. The molecule has 0 spiro atoms. The van der Waals surface area contributed by atoms with E-state index in [1.807, 2.05) is 12.1 Å². The lowest BCUT2D eigenvalue weighted by Crippen LogP contribution is -2.52. The monoisotopic (exact) mass is 490 g/mol. The van der Waals surface area contributed by atoms with Crippen LogP contribution in [0.2, 0.25) is 5.02 Å². The number of nitrogens with one attached hydrogen (secondary N) is 1. The predicted octanol–water partition coefficient (Wildman–Crippen LogP) is 2.54. The van der Waals surface area contributed by atoms with Gasteiger partial charge in [-0.3, -0.25) is 9.89 Å². The smallest absolute Gasteiger partial charge is 0.223 e. The molecule has 2 aromatic rings. The molecule has 142 valence electrons. The molecule has 0 amide bonds. The molecule has 1 saturated heterocycles. The van der Waals surface area contributed by atoms with E-state index < -0.39 is 0 Å². The van der Waals surface area contributed by atoms with E-state index in [9.17, 15) is 0 Å². The highest BCUT2D eigenvalue weighted by Crippen LogP contribution is 2.13. The van der Waals surface area contributed by atoms with Crippen LogP contribution in [-0.2, 0) is 13.1 Å². The first-order chi connectivity index (χ1) is 12.1. The second-order valence-electron chi connectivity index (χ2n) is 6.02. The second-order valence-corrected chi connectivity index (χ2v) is 6.46. The van der Waals surface area contributed by atoms with Crippen molar-refractivity contribution in [3.8, 4) is 0 Å². The highest BCUT2D eigenvalue weighted by Gasteiger charge is 2.20. The van der Waals surface area contributed by atoms with Gasteiger partial charge in [-0.2, -0.15) is 4.98 Å². The topological polar surface area (TPSA) is 69.8 Å². The van der Waals surface area contributed by atoms with Gasteiger partial charge >= 0.3 is 0 Å². The van der Waals surface area contributed by atoms with Gasteiger partial charge in [-0.25, -0.2) is 0 Å². The maximum absolute atomic E-state index is 5.94. The van der Waals surface area contributed by atoms with Gasteiger partial charge in [-0.15, -0.1) is 24.0 Å². The third kappa shape index (κ3) is 5.82. The lowest BCUT2D eigenvalue weighted by molar-refractivity contribution is 0.172. The van der Waals surface area contributed by atoms with Crippen molar-refractivity contribution in [3.63, 3.8) is 0 Å². The lowest BCUT2D eigenvalue weighted by Gasteiger charge is -2.36. The van der Waals surface area contributed by atoms with Crippen molar-refractivity contribution in [2.24, 2.45) is 4.99 Å². The average Bonchev–Trinajstić information content (AvgIpc) is 3.04. The molecule has 1 aromatic carbocycles. The molecule has 0 unspecified atom stereocenters. The summed E-state index contributed by atoms with van der Waals surface area (Å²) in [5.74, 6) is 2.08. The van der Waals surface area contributed by atoms with Gasteiger partial charge in [-0.1, -0.05) is 28.9 Å². The first-order valence-electron chi connectivity index (χ1n) is 8.35. The van der Waals surface area contributed by atoms with Crippen LogP contribution in [0.25, 0.3) is 0 Å². The van der Waals surface area contributed by atoms with Gasteiger partial charge in [0.15, 0.2) is 11.8 Å². The Labute approximate surface area is 175 Å². The number of rotatable bonds is 4. The van der Waals surface area contributed by atoms with Crippen LogP contribution in [0.1, 0.15) is 17.3 Å². The Balaban J connectivity index is 0.00000243. The third-order valence-electron chi connectivity index (χ3n) is 4.18. The maximum atomic E-state index is 5.94. The minimum Gasteiger partial charge on any atom is -0.349 e. The number of aryl methyl sites for hydroxylation is 1. The van der Waals surface area contributed by atoms with Gasteiger partial charge in [0.05, 0.1) is 6.54 Å². The molecule has 0 atom stereocenters. The summed E-state index contributed by atoms with van der Waals surface area (Å²) < 4.78 is 4.98.